The molecule has 114 valence electrons. The Morgan fingerprint density at radius 2 is 2.10 bits per heavy atom. The maximum Gasteiger partial charge on any atom is 0.170 e. The number of aliphatic hydroxyl groups excluding tert-OH is 1. The maximum absolute atomic E-state index is 10.1. The molecule has 7 nitrogen and oxygen atoms in total. The zero-order valence-electron chi connectivity index (χ0n) is 12.1. The number of hydrogen-bond donors (Lipinski definition) is 3. The number of piperidine rings is 1. The second-order valence-electron chi connectivity index (χ2n) is 6.05. The molecule has 0 amide bonds. The van der Waals surface area contributed by atoms with E-state index in [1.165, 1.54) is 0 Å². The predicted octanol–water partition coefficient (Wildman–Crippen LogP) is 0.350. The van der Waals surface area contributed by atoms with E-state index in [1.54, 1.807) is 4.68 Å². The van der Waals surface area contributed by atoms with Crippen LogP contribution >= 0.6 is 0 Å². The van der Waals surface area contributed by atoms with Crippen molar-refractivity contribution in [3.63, 3.8) is 0 Å². The Balaban J connectivity index is 1.95. The number of nitriles is 1. The lowest BCUT2D eigenvalue weighted by Gasteiger charge is -2.31. The van der Waals surface area contributed by atoms with Crippen LogP contribution in [0.5, 0.6) is 0 Å². The van der Waals surface area contributed by atoms with Crippen molar-refractivity contribution in [2.75, 3.05) is 23.7 Å². The predicted molar refractivity (Wildman–Crippen MR) is 79.7 cm³/mol. The summed E-state index contributed by atoms with van der Waals surface area (Å²) >= 11 is 0. The highest BCUT2D eigenvalue weighted by Gasteiger charge is 2.32. The molecule has 0 aromatic carbocycles. The SMILES string of the molecule is N#Cc1c(N2CCCC(N)C2)nn(C2CCCC2O)c1N. The third-order valence-corrected chi connectivity index (χ3v) is 4.56. The molecular formula is C14H22N6O. The third-order valence-electron chi connectivity index (χ3n) is 4.56. The summed E-state index contributed by atoms with van der Waals surface area (Å²) in [6, 6.07) is 2.15. The van der Waals surface area contributed by atoms with Crippen molar-refractivity contribution in [3.8, 4) is 6.07 Å². The standard InChI is InChI=1S/C14H22N6O/c15-7-10-13(17)20(11-4-1-5-12(11)21)18-14(10)19-6-2-3-9(16)8-19/h9,11-12,21H,1-6,8,16-17H2. The van der Waals surface area contributed by atoms with Crippen molar-refractivity contribution in [1.82, 2.24) is 9.78 Å². The van der Waals surface area contributed by atoms with Gasteiger partial charge in [0.05, 0.1) is 12.1 Å². The van der Waals surface area contributed by atoms with Crippen molar-refractivity contribution < 1.29 is 5.11 Å². The Bertz CT molecular complexity index is 563. The van der Waals surface area contributed by atoms with E-state index < -0.39 is 6.10 Å². The summed E-state index contributed by atoms with van der Waals surface area (Å²) in [5, 5.41) is 24.0. The monoisotopic (exact) mass is 290 g/mol. The number of nitrogens with zero attached hydrogens (tertiary/aromatic N) is 4. The summed E-state index contributed by atoms with van der Waals surface area (Å²) < 4.78 is 1.64. The number of rotatable bonds is 2. The van der Waals surface area contributed by atoms with Crippen LogP contribution in [-0.4, -0.2) is 40.1 Å². The lowest BCUT2D eigenvalue weighted by atomic mass is 10.1. The minimum Gasteiger partial charge on any atom is -0.391 e. The summed E-state index contributed by atoms with van der Waals surface area (Å²) in [5.41, 5.74) is 12.5. The van der Waals surface area contributed by atoms with Gasteiger partial charge in [-0.15, -0.1) is 0 Å². The van der Waals surface area contributed by atoms with Gasteiger partial charge in [0.15, 0.2) is 5.82 Å². The van der Waals surface area contributed by atoms with E-state index in [0.717, 1.165) is 38.6 Å². The smallest absolute Gasteiger partial charge is 0.170 e. The molecule has 2 fully saturated rings. The second kappa shape index (κ2) is 5.54. The Morgan fingerprint density at radius 1 is 1.29 bits per heavy atom. The zero-order valence-corrected chi connectivity index (χ0v) is 12.1. The van der Waals surface area contributed by atoms with E-state index >= 15 is 0 Å². The molecule has 0 bridgehead atoms. The molecule has 7 heteroatoms. The Labute approximate surface area is 124 Å². The fraction of sp³-hybridized carbons (Fsp3) is 0.714. The van der Waals surface area contributed by atoms with E-state index in [1.807, 2.05) is 4.90 Å². The zero-order chi connectivity index (χ0) is 15.0. The molecule has 21 heavy (non-hydrogen) atoms. The van der Waals surface area contributed by atoms with Gasteiger partial charge in [-0.25, -0.2) is 4.68 Å². The van der Waals surface area contributed by atoms with Crippen molar-refractivity contribution in [3.05, 3.63) is 5.56 Å². The normalized spacial score (nSPS) is 29.6. The number of nitrogen functional groups attached to an aromatic ring is 1. The maximum atomic E-state index is 10.1. The van der Waals surface area contributed by atoms with Gasteiger partial charge in [0.2, 0.25) is 0 Å². The largest absolute Gasteiger partial charge is 0.391 e. The Hall–Kier alpha value is -1.78. The molecule has 1 aliphatic heterocycles. The highest BCUT2D eigenvalue weighted by molar-refractivity contribution is 5.65. The first-order valence-electron chi connectivity index (χ1n) is 7.58. The first-order valence-corrected chi connectivity index (χ1v) is 7.58. The van der Waals surface area contributed by atoms with Crippen LogP contribution in [0.4, 0.5) is 11.6 Å². The van der Waals surface area contributed by atoms with Crippen LogP contribution in [-0.2, 0) is 0 Å². The number of nitrogens with two attached hydrogens (primary N) is 2. The number of hydrogen-bond acceptors (Lipinski definition) is 6. The molecule has 3 unspecified atom stereocenters. The number of aliphatic hydroxyl groups is 1. The van der Waals surface area contributed by atoms with E-state index in [-0.39, 0.29) is 12.1 Å². The third kappa shape index (κ3) is 2.45. The molecule has 1 aromatic heterocycles. The van der Waals surface area contributed by atoms with Crippen molar-refractivity contribution in [2.24, 2.45) is 5.73 Å². The van der Waals surface area contributed by atoms with Gasteiger partial charge >= 0.3 is 0 Å². The van der Waals surface area contributed by atoms with Gasteiger partial charge in [-0.2, -0.15) is 10.4 Å². The topological polar surface area (TPSA) is 117 Å². The van der Waals surface area contributed by atoms with Crippen LogP contribution in [0.2, 0.25) is 0 Å². The minimum atomic E-state index is -0.435. The molecule has 1 saturated heterocycles. The molecule has 0 radical (unpaired) electrons. The molecular weight excluding hydrogens is 268 g/mol. The van der Waals surface area contributed by atoms with E-state index in [2.05, 4.69) is 11.2 Å². The fourth-order valence-corrected chi connectivity index (χ4v) is 3.42. The van der Waals surface area contributed by atoms with Crippen LogP contribution in [0, 0.1) is 11.3 Å². The van der Waals surface area contributed by atoms with Gasteiger partial charge in [0.1, 0.15) is 17.5 Å². The molecule has 0 spiro atoms. The fourth-order valence-electron chi connectivity index (χ4n) is 3.42. The molecule has 1 saturated carbocycles. The summed E-state index contributed by atoms with van der Waals surface area (Å²) in [6.45, 7) is 1.53. The van der Waals surface area contributed by atoms with Crippen molar-refractivity contribution >= 4 is 11.6 Å². The average Bonchev–Trinajstić information content (AvgIpc) is 3.02. The summed E-state index contributed by atoms with van der Waals surface area (Å²) in [4.78, 5) is 2.04. The molecule has 2 aliphatic rings. The van der Waals surface area contributed by atoms with Crippen molar-refractivity contribution in [2.45, 2.75) is 50.3 Å². The highest BCUT2D eigenvalue weighted by atomic mass is 16.3. The van der Waals surface area contributed by atoms with E-state index in [0.29, 0.717) is 23.7 Å². The Morgan fingerprint density at radius 3 is 2.71 bits per heavy atom. The lowest BCUT2D eigenvalue weighted by Crippen LogP contribution is -2.43. The molecule has 5 N–H and O–H groups in total. The van der Waals surface area contributed by atoms with Gasteiger partial charge < -0.3 is 21.5 Å². The minimum absolute atomic E-state index is 0.105. The summed E-state index contributed by atoms with van der Waals surface area (Å²) in [7, 11) is 0. The molecule has 3 atom stereocenters. The summed E-state index contributed by atoms with van der Waals surface area (Å²) in [5.74, 6) is 0.974. The molecule has 3 rings (SSSR count). The van der Waals surface area contributed by atoms with Crippen LogP contribution in [0.3, 0.4) is 0 Å². The highest BCUT2D eigenvalue weighted by Crippen LogP contribution is 2.35. The number of aromatic nitrogens is 2. The van der Waals surface area contributed by atoms with E-state index in [4.69, 9.17) is 11.5 Å². The summed E-state index contributed by atoms with van der Waals surface area (Å²) in [6.07, 6.45) is 4.11. The van der Waals surface area contributed by atoms with Gasteiger partial charge in [0, 0.05) is 19.1 Å². The molecule has 1 aliphatic carbocycles. The van der Waals surface area contributed by atoms with Gasteiger partial charge in [0.25, 0.3) is 0 Å². The van der Waals surface area contributed by atoms with Crippen LogP contribution < -0.4 is 16.4 Å². The van der Waals surface area contributed by atoms with Gasteiger partial charge in [-0.1, -0.05) is 0 Å². The van der Waals surface area contributed by atoms with Crippen LogP contribution in [0.25, 0.3) is 0 Å². The first-order chi connectivity index (χ1) is 10.1. The van der Waals surface area contributed by atoms with Crippen LogP contribution in [0.1, 0.15) is 43.7 Å². The quantitative estimate of drug-likeness (QED) is 0.723. The number of anilines is 2. The second-order valence-corrected chi connectivity index (χ2v) is 6.05. The van der Waals surface area contributed by atoms with Gasteiger partial charge in [-0.3, -0.25) is 0 Å². The van der Waals surface area contributed by atoms with Crippen molar-refractivity contribution in [1.29, 1.82) is 5.26 Å². The first kappa shape index (κ1) is 14.2. The Kier molecular flexibility index (Phi) is 3.74. The van der Waals surface area contributed by atoms with Gasteiger partial charge in [-0.05, 0) is 32.1 Å². The average molecular weight is 290 g/mol. The molecule has 2 heterocycles. The van der Waals surface area contributed by atoms with E-state index in [9.17, 15) is 10.4 Å². The molecule has 1 aromatic rings. The van der Waals surface area contributed by atoms with Crippen LogP contribution in [0.15, 0.2) is 0 Å². The lowest BCUT2D eigenvalue weighted by molar-refractivity contribution is 0.131.